The van der Waals surface area contributed by atoms with E-state index < -0.39 is 5.82 Å². The molecule has 0 spiro atoms. The fraction of sp³-hybridized carbons (Fsp3) is 0.333. The molecule has 0 unspecified atom stereocenters. The predicted octanol–water partition coefficient (Wildman–Crippen LogP) is 3.62. The summed E-state index contributed by atoms with van der Waals surface area (Å²) in [4.78, 5) is 0. The van der Waals surface area contributed by atoms with E-state index >= 15 is 0 Å². The Morgan fingerprint density at radius 3 is 2.95 bits per heavy atom. The van der Waals surface area contributed by atoms with E-state index in [0.717, 1.165) is 5.01 Å². The van der Waals surface area contributed by atoms with Crippen molar-refractivity contribution in [2.45, 2.75) is 26.4 Å². The molecule has 2 rings (SSSR count). The van der Waals surface area contributed by atoms with Gasteiger partial charge in [0.2, 0.25) is 0 Å². The Morgan fingerprint density at radius 2 is 2.21 bits per heavy atom. The molecule has 1 aromatic carbocycles. The second-order valence-electron chi connectivity index (χ2n) is 4.15. The summed E-state index contributed by atoms with van der Waals surface area (Å²) in [5.74, 6) is -0.548. The number of hydrogen-bond donors (Lipinski definition) is 1. The number of halogens is 2. The Kier molecular flexibility index (Phi) is 4.68. The monoisotopic (exact) mass is 301 g/mol. The summed E-state index contributed by atoms with van der Waals surface area (Å²) in [6.07, 6.45) is 0. The number of hydrogen-bond acceptors (Lipinski definition) is 5. The van der Waals surface area contributed by atoms with Gasteiger partial charge in [-0.25, -0.2) is 4.39 Å². The number of rotatable bonds is 5. The molecule has 2 aromatic rings. The Hall–Kier alpha value is -1.24. The van der Waals surface area contributed by atoms with Crippen molar-refractivity contribution in [3.63, 3.8) is 0 Å². The normalized spacial score (nSPS) is 11.0. The molecule has 0 saturated carbocycles. The number of benzene rings is 1. The molecule has 0 saturated heterocycles. The van der Waals surface area contributed by atoms with Crippen molar-refractivity contribution in [3.8, 4) is 10.9 Å². The molecule has 0 atom stereocenters. The lowest BCUT2D eigenvalue weighted by Crippen LogP contribution is -2.21. The first-order valence-corrected chi connectivity index (χ1v) is 6.93. The lowest BCUT2D eigenvalue weighted by atomic mass is 10.3. The van der Waals surface area contributed by atoms with Crippen molar-refractivity contribution < 1.29 is 9.13 Å². The average molecular weight is 302 g/mol. The molecule has 102 valence electrons. The Morgan fingerprint density at radius 1 is 1.42 bits per heavy atom. The zero-order valence-electron chi connectivity index (χ0n) is 10.5. The molecule has 0 aliphatic carbocycles. The molecular formula is C12H13ClFN3OS. The van der Waals surface area contributed by atoms with E-state index in [2.05, 4.69) is 15.5 Å². The highest BCUT2D eigenvalue weighted by Crippen LogP contribution is 2.30. The molecule has 0 aliphatic rings. The zero-order valence-corrected chi connectivity index (χ0v) is 12.1. The van der Waals surface area contributed by atoms with Crippen LogP contribution in [0.3, 0.4) is 0 Å². The van der Waals surface area contributed by atoms with E-state index in [1.165, 1.54) is 23.5 Å². The van der Waals surface area contributed by atoms with Crippen LogP contribution in [-0.2, 0) is 6.54 Å². The van der Waals surface area contributed by atoms with Gasteiger partial charge in [-0.3, -0.25) is 0 Å². The topological polar surface area (TPSA) is 47.0 Å². The molecule has 0 fully saturated rings. The van der Waals surface area contributed by atoms with Crippen LogP contribution in [0.4, 0.5) is 4.39 Å². The Labute approximate surface area is 119 Å². The summed E-state index contributed by atoms with van der Waals surface area (Å²) in [6, 6.07) is 4.93. The molecule has 0 amide bonds. The third-order valence-corrected chi connectivity index (χ3v) is 3.32. The summed E-state index contributed by atoms with van der Waals surface area (Å²) >= 11 is 6.94. The van der Waals surface area contributed by atoms with Gasteiger partial charge in [-0.1, -0.05) is 48.0 Å². The molecule has 1 N–H and O–H groups in total. The summed E-state index contributed by atoms with van der Waals surface area (Å²) < 4.78 is 19.0. The van der Waals surface area contributed by atoms with E-state index in [-0.39, 0.29) is 10.8 Å². The first-order chi connectivity index (χ1) is 9.06. The lowest BCUT2D eigenvalue weighted by Gasteiger charge is -2.04. The Bertz CT molecular complexity index is 562. The standard InChI is InChI=1S/C12H13ClFN3OS/c1-7(2)15-6-10-16-17-12(19-10)18-9-5-3-4-8(13)11(9)14/h3-5,7,15H,6H2,1-2H3. The van der Waals surface area contributed by atoms with Crippen molar-refractivity contribution in [1.29, 1.82) is 0 Å². The van der Waals surface area contributed by atoms with Gasteiger partial charge in [0, 0.05) is 6.04 Å². The number of aromatic nitrogens is 2. The third kappa shape index (κ3) is 3.86. The minimum absolute atomic E-state index is 0.0173. The summed E-state index contributed by atoms with van der Waals surface area (Å²) in [5, 5.41) is 12.1. The molecule has 1 aromatic heterocycles. The van der Waals surface area contributed by atoms with Crippen molar-refractivity contribution in [2.24, 2.45) is 0 Å². The van der Waals surface area contributed by atoms with E-state index in [1.54, 1.807) is 6.07 Å². The van der Waals surface area contributed by atoms with Crippen molar-refractivity contribution in [1.82, 2.24) is 15.5 Å². The molecule has 0 aliphatic heterocycles. The van der Waals surface area contributed by atoms with Crippen LogP contribution in [-0.4, -0.2) is 16.2 Å². The van der Waals surface area contributed by atoms with Gasteiger partial charge in [0.25, 0.3) is 5.19 Å². The molecule has 7 heteroatoms. The molecule has 0 bridgehead atoms. The van der Waals surface area contributed by atoms with Crippen LogP contribution < -0.4 is 10.1 Å². The fourth-order valence-electron chi connectivity index (χ4n) is 1.30. The van der Waals surface area contributed by atoms with Crippen LogP contribution in [0.15, 0.2) is 18.2 Å². The molecular weight excluding hydrogens is 289 g/mol. The lowest BCUT2D eigenvalue weighted by molar-refractivity contribution is 0.435. The highest BCUT2D eigenvalue weighted by molar-refractivity contribution is 7.13. The first-order valence-electron chi connectivity index (χ1n) is 5.74. The van der Waals surface area contributed by atoms with Crippen LogP contribution in [0.1, 0.15) is 18.9 Å². The summed E-state index contributed by atoms with van der Waals surface area (Å²) in [6.45, 7) is 4.69. The second-order valence-corrected chi connectivity index (χ2v) is 5.58. The summed E-state index contributed by atoms with van der Waals surface area (Å²) in [7, 11) is 0. The molecule has 1 heterocycles. The average Bonchev–Trinajstić information content (AvgIpc) is 2.80. The van der Waals surface area contributed by atoms with Crippen LogP contribution in [0.2, 0.25) is 5.02 Å². The van der Waals surface area contributed by atoms with E-state index in [1.807, 2.05) is 13.8 Å². The van der Waals surface area contributed by atoms with Gasteiger partial charge in [0.1, 0.15) is 5.01 Å². The maximum Gasteiger partial charge on any atom is 0.299 e. The van der Waals surface area contributed by atoms with Gasteiger partial charge in [-0.15, -0.1) is 5.10 Å². The van der Waals surface area contributed by atoms with Crippen molar-refractivity contribution in [3.05, 3.63) is 34.0 Å². The highest BCUT2D eigenvalue weighted by atomic mass is 35.5. The molecule has 19 heavy (non-hydrogen) atoms. The van der Waals surface area contributed by atoms with Crippen LogP contribution in [0, 0.1) is 5.82 Å². The SMILES string of the molecule is CC(C)NCc1nnc(Oc2cccc(Cl)c2F)s1. The summed E-state index contributed by atoms with van der Waals surface area (Å²) in [5.41, 5.74) is 0. The van der Waals surface area contributed by atoms with Crippen molar-refractivity contribution in [2.75, 3.05) is 0 Å². The maximum absolute atomic E-state index is 13.6. The Balaban J connectivity index is 2.05. The van der Waals surface area contributed by atoms with Gasteiger partial charge in [0.15, 0.2) is 11.6 Å². The minimum Gasteiger partial charge on any atom is -0.427 e. The number of nitrogens with one attached hydrogen (secondary N) is 1. The first kappa shape index (κ1) is 14.2. The fourth-order valence-corrected chi connectivity index (χ4v) is 2.12. The van der Waals surface area contributed by atoms with Crippen LogP contribution >= 0.6 is 22.9 Å². The number of ether oxygens (including phenoxy) is 1. The van der Waals surface area contributed by atoms with Gasteiger partial charge in [-0.05, 0) is 12.1 Å². The van der Waals surface area contributed by atoms with Crippen LogP contribution in [0.5, 0.6) is 10.9 Å². The van der Waals surface area contributed by atoms with Crippen molar-refractivity contribution >= 4 is 22.9 Å². The van der Waals surface area contributed by atoms with E-state index in [4.69, 9.17) is 16.3 Å². The van der Waals surface area contributed by atoms with Gasteiger partial charge < -0.3 is 10.1 Å². The van der Waals surface area contributed by atoms with Gasteiger partial charge in [-0.2, -0.15) is 0 Å². The van der Waals surface area contributed by atoms with Crippen LogP contribution in [0.25, 0.3) is 0 Å². The zero-order chi connectivity index (χ0) is 13.8. The number of nitrogens with zero attached hydrogens (tertiary/aromatic N) is 2. The third-order valence-electron chi connectivity index (χ3n) is 2.22. The van der Waals surface area contributed by atoms with Gasteiger partial charge >= 0.3 is 0 Å². The molecule has 0 radical (unpaired) electrons. The highest BCUT2D eigenvalue weighted by Gasteiger charge is 2.11. The largest absolute Gasteiger partial charge is 0.427 e. The molecule has 4 nitrogen and oxygen atoms in total. The minimum atomic E-state index is -0.596. The predicted molar refractivity (Wildman–Crippen MR) is 73.4 cm³/mol. The van der Waals surface area contributed by atoms with Gasteiger partial charge in [0.05, 0.1) is 11.6 Å². The van der Waals surface area contributed by atoms with E-state index in [9.17, 15) is 4.39 Å². The quantitative estimate of drug-likeness (QED) is 0.916. The van der Waals surface area contributed by atoms with E-state index in [0.29, 0.717) is 17.8 Å². The second kappa shape index (κ2) is 6.27. The maximum atomic E-state index is 13.6. The smallest absolute Gasteiger partial charge is 0.299 e.